The molecule has 1 rings (SSSR count). The second kappa shape index (κ2) is 5.11. The second-order valence-electron chi connectivity index (χ2n) is 3.77. The molecule has 1 aromatic rings. The summed E-state index contributed by atoms with van der Waals surface area (Å²) >= 11 is 1.51. The minimum atomic E-state index is -0.346. The first-order valence-electron chi connectivity index (χ1n) is 5.04. The van der Waals surface area contributed by atoms with Crippen LogP contribution in [-0.2, 0) is 11.2 Å². The Kier molecular flexibility index (Phi) is 4.08. The third kappa shape index (κ3) is 3.20. The first-order valence-corrected chi connectivity index (χ1v) is 5.92. The molecule has 0 aliphatic heterocycles. The van der Waals surface area contributed by atoms with Gasteiger partial charge in [0.1, 0.15) is 6.04 Å². The number of hydrogen-bond acceptors (Lipinski definition) is 4. The highest BCUT2D eigenvalue weighted by molar-refractivity contribution is 7.13. The molecule has 0 saturated heterocycles. The van der Waals surface area contributed by atoms with Gasteiger partial charge in [0, 0.05) is 5.38 Å². The summed E-state index contributed by atoms with van der Waals surface area (Å²) in [6, 6.07) is -0.346. The van der Waals surface area contributed by atoms with Gasteiger partial charge in [-0.05, 0) is 12.3 Å². The fourth-order valence-corrected chi connectivity index (χ4v) is 2.07. The van der Waals surface area contributed by atoms with Gasteiger partial charge in [-0.1, -0.05) is 20.8 Å². The highest BCUT2D eigenvalue weighted by Crippen LogP contribution is 2.18. The van der Waals surface area contributed by atoms with Gasteiger partial charge in [-0.3, -0.25) is 4.79 Å². The Labute approximate surface area is 93.9 Å². The lowest BCUT2D eigenvalue weighted by Crippen LogP contribution is -2.39. The normalized spacial score (nSPS) is 12.8. The molecule has 1 atom stereocenters. The molecule has 1 unspecified atom stereocenters. The van der Waals surface area contributed by atoms with Crippen LogP contribution in [0.4, 0.5) is 5.13 Å². The average molecular weight is 227 g/mol. The van der Waals surface area contributed by atoms with Crippen LogP contribution in [0.1, 0.15) is 26.5 Å². The summed E-state index contributed by atoms with van der Waals surface area (Å²) in [4.78, 5) is 15.5. The molecule has 0 radical (unpaired) electrons. The number of primary amides is 1. The average Bonchev–Trinajstić information content (AvgIpc) is 2.60. The number of carbonyl (C=O) groups is 1. The van der Waals surface area contributed by atoms with Crippen LogP contribution in [0.2, 0.25) is 0 Å². The number of anilines is 1. The molecule has 1 amide bonds. The molecule has 0 spiro atoms. The molecule has 1 heterocycles. The van der Waals surface area contributed by atoms with Gasteiger partial charge < -0.3 is 11.1 Å². The Bertz CT molecular complexity index is 335. The molecule has 0 aromatic carbocycles. The van der Waals surface area contributed by atoms with E-state index in [0.29, 0.717) is 0 Å². The van der Waals surface area contributed by atoms with E-state index in [2.05, 4.69) is 10.3 Å². The van der Waals surface area contributed by atoms with Crippen molar-refractivity contribution in [1.82, 2.24) is 4.98 Å². The van der Waals surface area contributed by atoms with Crippen molar-refractivity contribution in [2.45, 2.75) is 33.2 Å². The zero-order valence-corrected chi connectivity index (χ0v) is 10.1. The molecule has 5 heteroatoms. The number of hydrogen-bond donors (Lipinski definition) is 2. The molecule has 3 N–H and O–H groups in total. The highest BCUT2D eigenvalue weighted by atomic mass is 32.1. The van der Waals surface area contributed by atoms with Crippen molar-refractivity contribution in [1.29, 1.82) is 0 Å². The predicted octanol–water partition coefficient (Wildman–Crippen LogP) is 1.63. The molecule has 4 nitrogen and oxygen atoms in total. The first kappa shape index (κ1) is 12.0. The van der Waals surface area contributed by atoms with Crippen molar-refractivity contribution in [3.05, 3.63) is 11.1 Å². The van der Waals surface area contributed by atoms with E-state index in [1.807, 2.05) is 26.2 Å². The van der Waals surface area contributed by atoms with Crippen molar-refractivity contribution in [3.8, 4) is 0 Å². The lowest BCUT2D eigenvalue weighted by Gasteiger charge is -2.17. The maximum Gasteiger partial charge on any atom is 0.240 e. The van der Waals surface area contributed by atoms with E-state index >= 15 is 0 Å². The molecule has 84 valence electrons. The topological polar surface area (TPSA) is 68.0 Å². The fourth-order valence-electron chi connectivity index (χ4n) is 1.24. The summed E-state index contributed by atoms with van der Waals surface area (Å²) in [6.45, 7) is 5.96. The molecule has 0 aliphatic rings. The molecule has 15 heavy (non-hydrogen) atoms. The van der Waals surface area contributed by atoms with E-state index in [4.69, 9.17) is 5.73 Å². The molecular formula is C10H17N3OS. The van der Waals surface area contributed by atoms with Gasteiger partial charge in [-0.15, -0.1) is 11.3 Å². The largest absolute Gasteiger partial charge is 0.368 e. The Balaban J connectivity index is 2.69. The first-order chi connectivity index (χ1) is 7.04. The molecular weight excluding hydrogens is 210 g/mol. The summed E-state index contributed by atoms with van der Waals surface area (Å²) in [5.74, 6) is -0.172. The maximum atomic E-state index is 11.2. The van der Waals surface area contributed by atoms with Crippen LogP contribution in [0.15, 0.2) is 5.38 Å². The van der Waals surface area contributed by atoms with E-state index in [-0.39, 0.29) is 17.9 Å². The lowest BCUT2D eigenvalue weighted by atomic mass is 10.0. The maximum absolute atomic E-state index is 11.2. The van der Waals surface area contributed by atoms with Crippen molar-refractivity contribution in [2.75, 3.05) is 5.32 Å². The third-order valence-corrected chi connectivity index (χ3v) is 2.99. The molecule has 0 aliphatic carbocycles. The van der Waals surface area contributed by atoms with E-state index in [0.717, 1.165) is 17.2 Å². The van der Waals surface area contributed by atoms with Gasteiger partial charge in [0.15, 0.2) is 5.13 Å². The number of aryl methyl sites for hydroxylation is 1. The smallest absolute Gasteiger partial charge is 0.240 e. The summed E-state index contributed by atoms with van der Waals surface area (Å²) in [5, 5.41) is 5.82. The summed E-state index contributed by atoms with van der Waals surface area (Å²) in [6.07, 6.45) is 0.904. The van der Waals surface area contributed by atoms with Gasteiger partial charge in [-0.2, -0.15) is 0 Å². The summed E-state index contributed by atoms with van der Waals surface area (Å²) < 4.78 is 0. The van der Waals surface area contributed by atoms with Crippen LogP contribution < -0.4 is 11.1 Å². The SMILES string of the molecule is CCc1csc(NC(C(N)=O)C(C)C)n1. The van der Waals surface area contributed by atoms with E-state index in [1.54, 1.807) is 0 Å². The van der Waals surface area contributed by atoms with Crippen LogP contribution in [-0.4, -0.2) is 16.9 Å². The Morgan fingerprint density at radius 1 is 1.67 bits per heavy atom. The van der Waals surface area contributed by atoms with E-state index < -0.39 is 0 Å². The Hall–Kier alpha value is -1.10. The quantitative estimate of drug-likeness (QED) is 0.803. The van der Waals surface area contributed by atoms with Gasteiger partial charge in [0.25, 0.3) is 0 Å². The van der Waals surface area contributed by atoms with Crippen LogP contribution in [0.5, 0.6) is 0 Å². The van der Waals surface area contributed by atoms with Crippen molar-refractivity contribution >= 4 is 22.4 Å². The highest BCUT2D eigenvalue weighted by Gasteiger charge is 2.20. The van der Waals surface area contributed by atoms with Crippen LogP contribution in [0, 0.1) is 5.92 Å². The lowest BCUT2D eigenvalue weighted by molar-refractivity contribution is -0.119. The fraction of sp³-hybridized carbons (Fsp3) is 0.600. The third-order valence-electron chi connectivity index (χ3n) is 2.17. The molecule has 1 aromatic heterocycles. The van der Waals surface area contributed by atoms with E-state index in [9.17, 15) is 4.79 Å². The minimum absolute atomic E-state index is 0.163. The molecule has 0 bridgehead atoms. The molecule has 0 fully saturated rings. The minimum Gasteiger partial charge on any atom is -0.368 e. The van der Waals surface area contributed by atoms with E-state index in [1.165, 1.54) is 11.3 Å². The number of nitrogens with one attached hydrogen (secondary N) is 1. The van der Waals surface area contributed by atoms with Crippen LogP contribution in [0.3, 0.4) is 0 Å². The monoisotopic (exact) mass is 227 g/mol. The standard InChI is InChI=1S/C10H17N3OS/c1-4-7-5-15-10(12-7)13-8(6(2)3)9(11)14/h5-6,8H,4H2,1-3H3,(H2,11,14)(H,12,13). The molecule has 0 saturated carbocycles. The van der Waals surface area contributed by atoms with Gasteiger partial charge >= 0.3 is 0 Å². The van der Waals surface area contributed by atoms with Gasteiger partial charge in [-0.25, -0.2) is 4.98 Å². The number of rotatable bonds is 5. The van der Waals surface area contributed by atoms with Crippen molar-refractivity contribution in [3.63, 3.8) is 0 Å². The number of carbonyl (C=O) groups excluding carboxylic acids is 1. The van der Waals surface area contributed by atoms with Gasteiger partial charge in [0.2, 0.25) is 5.91 Å². The number of aromatic nitrogens is 1. The number of nitrogens with two attached hydrogens (primary N) is 1. The van der Waals surface area contributed by atoms with Crippen molar-refractivity contribution < 1.29 is 4.79 Å². The van der Waals surface area contributed by atoms with Crippen LogP contribution in [0.25, 0.3) is 0 Å². The summed E-state index contributed by atoms with van der Waals surface area (Å²) in [7, 11) is 0. The summed E-state index contributed by atoms with van der Waals surface area (Å²) in [5.41, 5.74) is 6.34. The Morgan fingerprint density at radius 3 is 2.73 bits per heavy atom. The number of nitrogens with zero attached hydrogens (tertiary/aromatic N) is 1. The number of amides is 1. The second-order valence-corrected chi connectivity index (χ2v) is 4.62. The zero-order valence-electron chi connectivity index (χ0n) is 9.28. The Morgan fingerprint density at radius 2 is 2.33 bits per heavy atom. The zero-order chi connectivity index (χ0) is 11.4. The number of thiazole rings is 1. The van der Waals surface area contributed by atoms with Crippen LogP contribution >= 0.6 is 11.3 Å². The van der Waals surface area contributed by atoms with Gasteiger partial charge in [0.05, 0.1) is 5.69 Å². The predicted molar refractivity (Wildman–Crippen MR) is 62.9 cm³/mol. The van der Waals surface area contributed by atoms with Crippen molar-refractivity contribution in [2.24, 2.45) is 11.7 Å².